The van der Waals surface area contributed by atoms with E-state index >= 15 is 0 Å². The molecule has 1 atom stereocenters. The van der Waals surface area contributed by atoms with Crippen LogP contribution < -0.4 is 0 Å². The Bertz CT molecular complexity index is 362. The van der Waals surface area contributed by atoms with Crippen molar-refractivity contribution in [3.63, 3.8) is 0 Å². The van der Waals surface area contributed by atoms with Gasteiger partial charge in [0.25, 0.3) is 0 Å². The van der Waals surface area contributed by atoms with E-state index in [1.165, 1.54) is 31.2 Å². The Kier molecular flexibility index (Phi) is 6.11. The molecule has 100 valence electrons. The Morgan fingerprint density at radius 1 is 1.06 bits per heavy atom. The number of carbonyl (C=O) groups excluding carboxylic acids is 1. The molecule has 0 saturated carbocycles. The number of carbonyl (C=O) groups is 1. The van der Waals surface area contributed by atoms with Gasteiger partial charge in [0, 0.05) is 5.56 Å². The topological polar surface area (TPSA) is 17.1 Å². The minimum absolute atomic E-state index is 0.149. The zero-order chi connectivity index (χ0) is 13.5. The van der Waals surface area contributed by atoms with Gasteiger partial charge in [0.05, 0.1) is 0 Å². The summed E-state index contributed by atoms with van der Waals surface area (Å²) in [5, 5.41) is 0. The van der Waals surface area contributed by atoms with Crippen molar-refractivity contribution >= 4 is 5.78 Å². The molecule has 0 heterocycles. The molecule has 1 rings (SSSR count). The highest BCUT2D eigenvalue weighted by atomic mass is 16.1. The van der Waals surface area contributed by atoms with Crippen LogP contribution in [0.25, 0.3) is 0 Å². The van der Waals surface area contributed by atoms with Crippen LogP contribution in [0, 0.1) is 5.92 Å². The predicted octanol–water partition coefficient (Wildman–Crippen LogP) is 5.21. The van der Waals surface area contributed by atoms with Crippen molar-refractivity contribution in [1.82, 2.24) is 0 Å². The van der Waals surface area contributed by atoms with Crippen LogP contribution in [-0.4, -0.2) is 5.78 Å². The minimum Gasteiger partial charge on any atom is -0.295 e. The van der Waals surface area contributed by atoms with Gasteiger partial charge in [0.2, 0.25) is 0 Å². The van der Waals surface area contributed by atoms with Crippen molar-refractivity contribution in [1.29, 1.82) is 0 Å². The highest BCUT2D eigenvalue weighted by Gasteiger charge is 2.11. The molecule has 1 heteroatoms. The molecular formula is C17H26O. The Morgan fingerprint density at radius 3 is 2.11 bits per heavy atom. The van der Waals surface area contributed by atoms with Crippen molar-refractivity contribution in [3.8, 4) is 0 Å². The molecule has 0 radical (unpaired) electrons. The molecule has 1 nitrogen and oxygen atoms in total. The molecule has 1 aromatic rings. The monoisotopic (exact) mass is 246 g/mol. The van der Waals surface area contributed by atoms with Crippen molar-refractivity contribution in [2.24, 2.45) is 5.92 Å². The van der Waals surface area contributed by atoms with Crippen LogP contribution in [0.5, 0.6) is 0 Å². The van der Waals surface area contributed by atoms with E-state index in [9.17, 15) is 4.79 Å². The maximum atomic E-state index is 11.3. The molecule has 0 aliphatic rings. The lowest BCUT2D eigenvalue weighted by Crippen LogP contribution is -2.02. The third kappa shape index (κ3) is 4.64. The number of hydrogen-bond acceptors (Lipinski definition) is 1. The van der Waals surface area contributed by atoms with Gasteiger partial charge in [-0.25, -0.2) is 0 Å². The number of Topliss-reactive ketones (excluding diaryl/α,β-unsaturated/α-hetero) is 1. The van der Waals surface area contributed by atoms with Gasteiger partial charge < -0.3 is 0 Å². The lowest BCUT2D eigenvalue weighted by Gasteiger charge is -2.18. The molecule has 0 saturated heterocycles. The minimum atomic E-state index is 0.149. The molecule has 0 bridgehead atoms. The van der Waals surface area contributed by atoms with E-state index in [2.05, 4.69) is 32.9 Å². The molecule has 18 heavy (non-hydrogen) atoms. The van der Waals surface area contributed by atoms with Crippen LogP contribution >= 0.6 is 0 Å². The van der Waals surface area contributed by atoms with Gasteiger partial charge in [-0.3, -0.25) is 4.79 Å². The Balaban J connectivity index is 2.75. The van der Waals surface area contributed by atoms with Gasteiger partial charge >= 0.3 is 0 Å². The first-order valence-electron chi connectivity index (χ1n) is 7.15. The zero-order valence-electron chi connectivity index (χ0n) is 12.2. The summed E-state index contributed by atoms with van der Waals surface area (Å²) in [5.41, 5.74) is 2.21. The third-order valence-electron chi connectivity index (χ3n) is 3.52. The Morgan fingerprint density at radius 2 is 1.67 bits per heavy atom. The predicted molar refractivity (Wildman–Crippen MR) is 78.2 cm³/mol. The normalized spacial score (nSPS) is 12.7. The van der Waals surface area contributed by atoms with E-state index in [1.54, 1.807) is 6.92 Å². The molecule has 1 unspecified atom stereocenters. The second kappa shape index (κ2) is 7.35. The molecule has 0 fully saturated rings. The van der Waals surface area contributed by atoms with Gasteiger partial charge in [-0.2, -0.15) is 0 Å². The van der Waals surface area contributed by atoms with Crippen LogP contribution in [0.4, 0.5) is 0 Å². The first-order chi connectivity index (χ1) is 8.54. The van der Waals surface area contributed by atoms with Crippen LogP contribution in [0.1, 0.15) is 75.2 Å². The molecule has 1 aromatic carbocycles. The fourth-order valence-electron chi connectivity index (χ4n) is 2.35. The van der Waals surface area contributed by atoms with Crippen molar-refractivity contribution in [3.05, 3.63) is 35.4 Å². The Hall–Kier alpha value is -1.11. The van der Waals surface area contributed by atoms with Crippen LogP contribution in [0.15, 0.2) is 24.3 Å². The van der Waals surface area contributed by atoms with Gasteiger partial charge in [-0.15, -0.1) is 0 Å². The van der Waals surface area contributed by atoms with E-state index < -0.39 is 0 Å². The number of ketones is 1. The fraction of sp³-hybridized carbons (Fsp3) is 0.588. The summed E-state index contributed by atoms with van der Waals surface area (Å²) in [6, 6.07) is 8.21. The molecule has 0 aliphatic heterocycles. The van der Waals surface area contributed by atoms with Gasteiger partial charge in [0.15, 0.2) is 5.78 Å². The van der Waals surface area contributed by atoms with E-state index in [0.717, 1.165) is 11.5 Å². The van der Waals surface area contributed by atoms with Gasteiger partial charge in [-0.1, -0.05) is 57.9 Å². The van der Waals surface area contributed by atoms with E-state index in [0.29, 0.717) is 5.92 Å². The highest BCUT2D eigenvalue weighted by Crippen LogP contribution is 2.28. The van der Waals surface area contributed by atoms with Crippen molar-refractivity contribution in [2.45, 2.75) is 59.3 Å². The van der Waals surface area contributed by atoms with Gasteiger partial charge in [-0.05, 0) is 37.2 Å². The lowest BCUT2D eigenvalue weighted by atomic mass is 9.87. The van der Waals surface area contributed by atoms with E-state index in [1.807, 2.05) is 12.1 Å². The zero-order valence-corrected chi connectivity index (χ0v) is 12.2. The summed E-state index contributed by atoms with van der Waals surface area (Å²) < 4.78 is 0. The average Bonchev–Trinajstić information content (AvgIpc) is 2.34. The highest BCUT2D eigenvalue weighted by molar-refractivity contribution is 5.94. The smallest absolute Gasteiger partial charge is 0.159 e. The number of benzene rings is 1. The lowest BCUT2D eigenvalue weighted by molar-refractivity contribution is 0.101. The number of hydrogen-bond donors (Lipinski definition) is 0. The average molecular weight is 246 g/mol. The molecule has 0 N–H and O–H groups in total. The summed E-state index contributed by atoms with van der Waals surface area (Å²) >= 11 is 0. The van der Waals surface area contributed by atoms with E-state index in [4.69, 9.17) is 0 Å². The summed E-state index contributed by atoms with van der Waals surface area (Å²) in [4.78, 5) is 11.3. The molecule has 0 aromatic heterocycles. The number of rotatable bonds is 7. The summed E-state index contributed by atoms with van der Waals surface area (Å²) in [6.07, 6.45) is 4.99. The third-order valence-corrected chi connectivity index (χ3v) is 3.52. The summed E-state index contributed by atoms with van der Waals surface area (Å²) in [5.74, 6) is 1.56. The molecule has 0 aliphatic carbocycles. The second-order valence-corrected chi connectivity index (χ2v) is 5.63. The first-order valence-corrected chi connectivity index (χ1v) is 7.15. The molecular weight excluding hydrogens is 220 g/mol. The van der Waals surface area contributed by atoms with E-state index in [-0.39, 0.29) is 5.78 Å². The largest absolute Gasteiger partial charge is 0.295 e. The maximum Gasteiger partial charge on any atom is 0.159 e. The van der Waals surface area contributed by atoms with Crippen LogP contribution in [0.3, 0.4) is 0 Å². The summed E-state index contributed by atoms with van der Waals surface area (Å²) in [7, 11) is 0. The SMILES string of the molecule is CCCC(CCC(C)C)c1ccc(C(C)=O)cc1. The van der Waals surface area contributed by atoms with Crippen molar-refractivity contribution in [2.75, 3.05) is 0 Å². The molecule has 0 amide bonds. The van der Waals surface area contributed by atoms with Crippen LogP contribution in [-0.2, 0) is 0 Å². The van der Waals surface area contributed by atoms with Gasteiger partial charge in [0.1, 0.15) is 0 Å². The fourth-order valence-corrected chi connectivity index (χ4v) is 2.35. The van der Waals surface area contributed by atoms with Crippen LogP contribution in [0.2, 0.25) is 0 Å². The Labute approximate surface area is 112 Å². The molecule has 0 spiro atoms. The second-order valence-electron chi connectivity index (χ2n) is 5.63. The summed E-state index contributed by atoms with van der Waals surface area (Å²) in [6.45, 7) is 8.42. The maximum absolute atomic E-state index is 11.3. The quantitative estimate of drug-likeness (QED) is 0.604. The standard InChI is InChI=1S/C17H26O/c1-5-6-16(8-7-13(2)3)17-11-9-15(10-12-17)14(4)18/h9-13,16H,5-8H2,1-4H3. The first kappa shape index (κ1) is 14.9. The van der Waals surface area contributed by atoms with Crippen molar-refractivity contribution < 1.29 is 4.79 Å².